The lowest BCUT2D eigenvalue weighted by atomic mass is 9.87. The third kappa shape index (κ3) is 4.97. The Morgan fingerprint density at radius 1 is 0.825 bits per heavy atom. The first-order chi connectivity index (χ1) is 19.2. The predicted octanol–water partition coefficient (Wildman–Crippen LogP) is 6.30. The number of halogens is 4. The number of hydrogen-bond donors (Lipinski definition) is 0. The number of methoxy groups -OCH3 is 2. The van der Waals surface area contributed by atoms with Crippen LogP contribution in [0.1, 0.15) is 24.0 Å². The number of carbonyl (C=O) groups is 2. The van der Waals surface area contributed by atoms with E-state index in [0.29, 0.717) is 34.0 Å². The van der Waals surface area contributed by atoms with Gasteiger partial charge in [0, 0.05) is 36.1 Å². The van der Waals surface area contributed by atoms with E-state index in [1.165, 1.54) is 56.8 Å². The molecule has 0 radical (unpaired) electrons. The highest BCUT2D eigenvalue weighted by molar-refractivity contribution is 6.11. The summed E-state index contributed by atoms with van der Waals surface area (Å²) < 4.78 is 74.4. The fourth-order valence-electron chi connectivity index (χ4n) is 4.63. The molecule has 1 aliphatic rings. The minimum atomic E-state index is -1.62. The number of ketones is 2. The first-order valence-electron chi connectivity index (χ1n) is 12.3. The molecule has 0 bridgehead atoms. The maximum Gasteiger partial charge on any atom is 0.204 e. The van der Waals surface area contributed by atoms with Gasteiger partial charge in [-0.2, -0.15) is 4.39 Å². The maximum absolute atomic E-state index is 15.1. The fraction of sp³-hybridized carbons (Fsp3) is 0.233. The molecule has 10 heteroatoms. The number of aromatic nitrogens is 1. The van der Waals surface area contributed by atoms with Gasteiger partial charge in [0.1, 0.15) is 11.6 Å². The minimum absolute atomic E-state index is 0.0182. The monoisotopic (exact) mass is 553 g/mol. The van der Waals surface area contributed by atoms with E-state index in [-0.39, 0.29) is 25.0 Å². The van der Waals surface area contributed by atoms with Crippen molar-refractivity contribution < 1.29 is 41.4 Å². The van der Waals surface area contributed by atoms with Gasteiger partial charge in [-0.05, 0) is 48.7 Å². The zero-order chi connectivity index (χ0) is 28.6. The molecule has 1 fully saturated rings. The molecule has 206 valence electrons. The quantitative estimate of drug-likeness (QED) is 0.130. The standard InChI is InChI=1S/C30H23F4NO5/c1-38-23-14-19-21(15-24(23)39-2)35-10-7-22(19)40-29-20(32)12-17(27(33)28(29)34)13-26(37)30(8-9-30)25(36)11-16-3-5-18(31)6-4-16/h3-7,10,12,14-15H,8-9,11,13H2,1-2H3. The SMILES string of the molecule is COc1cc2nccc(Oc3c(F)cc(CC(=O)C4(C(=O)Cc5ccc(F)cc5)CC4)c(F)c3F)c2cc1OC. The number of fused-ring (bicyclic) bond motifs is 1. The van der Waals surface area contributed by atoms with Gasteiger partial charge in [0.25, 0.3) is 0 Å². The molecule has 4 aromatic rings. The molecule has 5 rings (SSSR count). The molecule has 0 aliphatic heterocycles. The maximum atomic E-state index is 15.1. The van der Waals surface area contributed by atoms with Crippen molar-refractivity contribution in [3.63, 3.8) is 0 Å². The molecule has 0 saturated heterocycles. The minimum Gasteiger partial charge on any atom is -0.493 e. The molecule has 40 heavy (non-hydrogen) atoms. The van der Waals surface area contributed by atoms with Crippen LogP contribution >= 0.6 is 0 Å². The topological polar surface area (TPSA) is 74.7 Å². The van der Waals surface area contributed by atoms with E-state index in [0.717, 1.165) is 0 Å². The van der Waals surface area contributed by atoms with Gasteiger partial charge in [0.2, 0.25) is 11.6 Å². The van der Waals surface area contributed by atoms with Crippen LogP contribution in [0.3, 0.4) is 0 Å². The normalized spacial score (nSPS) is 13.7. The Hall–Kier alpha value is -4.47. The van der Waals surface area contributed by atoms with E-state index in [1.54, 1.807) is 6.07 Å². The van der Waals surface area contributed by atoms with Crippen LogP contribution in [0.4, 0.5) is 17.6 Å². The highest BCUT2D eigenvalue weighted by atomic mass is 19.2. The second kappa shape index (κ2) is 10.6. The Morgan fingerprint density at radius 3 is 2.12 bits per heavy atom. The first kappa shape index (κ1) is 27.1. The average Bonchev–Trinajstić information content (AvgIpc) is 3.77. The molecule has 0 amide bonds. The summed E-state index contributed by atoms with van der Waals surface area (Å²) in [5, 5.41) is 0.328. The number of benzene rings is 3. The van der Waals surface area contributed by atoms with Gasteiger partial charge in [0.15, 0.2) is 34.7 Å². The molecule has 1 aliphatic carbocycles. The van der Waals surface area contributed by atoms with Crippen LogP contribution in [0.2, 0.25) is 0 Å². The average molecular weight is 554 g/mol. The summed E-state index contributed by atoms with van der Waals surface area (Å²) in [5.74, 6) is -6.11. The number of hydrogen-bond acceptors (Lipinski definition) is 6. The van der Waals surface area contributed by atoms with Crippen molar-refractivity contribution in [3.8, 4) is 23.0 Å². The second-order valence-corrected chi connectivity index (χ2v) is 9.52. The summed E-state index contributed by atoms with van der Waals surface area (Å²) in [5.41, 5.74) is -0.980. The van der Waals surface area contributed by atoms with Gasteiger partial charge in [0.05, 0.1) is 25.2 Å². The highest BCUT2D eigenvalue weighted by Crippen LogP contribution is 2.49. The molecular formula is C30H23F4NO5. The number of rotatable bonds is 10. The van der Waals surface area contributed by atoms with Crippen molar-refractivity contribution in [3.05, 3.63) is 89.1 Å². The summed E-state index contributed by atoms with van der Waals surface area (Å²) in [6.45, 7) is 0. The lowest BCUT2D eigenvalue weighted by molar-refractivity contribution is -0.133. The Labute approximate surface area is 226 Å². The predicted molar refractivity (Wildman–Crippen MR) is 137 cm³/mol. The van der Waals surface area contributed by atoms with Crippen LogP contribution in [-0.4, -0.2) is 30.8 Å². The van der Waals surface area contributed by atoms with Crippen molar-refractivity contribution in [1.82, 2.24) is 4.98 Å². The smallest absolute Gasteiger partial charge is 0.204 e. The van der Waals surface area contributed by atoms with Gasteiger partial charge in [-0.15, -0.1) is 0 Å². The van der Waals surface area contributed by atoms with Gasteiger partial charge in [-0.25, -0.2) is 13.2 Å². The molecule has 3 aromatic carbocycles. The molecule has 1 heterocycles. The first-order valence-corrected chi connectivity index (χ1v) is 12.3. The third-order valence-corrected chi connectivity index (χ3v) is 7.06. The zero-order valence-electron chi connectivity index (χ0n) is 21.5. The lowest BCUT2D eigenvalue weighted by Crippen LogP contribution is -2.29. The largest absolute Gasteiger partial charge is 0.493 e. The van der Waals surface area contributed by atoms with Crippen molar-refractivity contribution in [2.75, 3.05) is 14.2 Å². The highest BCUT2D eigenvalue weighted by Gasteiger charge is 2.54. The molecule has 0 spiro atoms. The van der Waals surface area contributed by atoms with Gasteiger partial charge in [-0.1, -0.05) is 12.1 Å². The van der Waals surface area contributed by atoms with Crippen LogP contribution in [-0.2, 0) is 22.4 Å². The van der Waals surface area contributed by atoms with E-state index < -0.39 is 58.0 Å². The van der Waals surface area contributed by atoms with E-state index in [4.69, 9.17) is 14.2 Å². The zero-order valence-corrected chi connectivity index (χ0v) is 21.5. The number of nitrogens with zero attached hydrogens (tertiary/aromatic N) is 1. The number of ether oxygens (including phenoxy) is 3. The van der Waals surface area contributed by atoms with Crippen molar-refractivity contribution in [1.29, 1.82) is 0 Å². The van der Waals surface area contributed by atoms with E-state index in [1.807, 2.05) is 0 Å². The lowest BCUT2D eigenvalue weighted by Gasteiger charge is -2.16. The van der Waals surface area contributed by atoms with Gasteiger partial charge in [-0.3, -0.25) is 14.6 Å². The molecule has 1 saturated carbocycles. The molecule has 0 atom stereocenters. The summed E-state index contributed by atoms with van der Waals surface area (Å²) in [4.78, 5) is 30.1. The van der Waals surface area contributed by atoms with Crippen LogP contribution in [0.25, 0.3) is 10.9 Å². The van der Waals surface area contributed by atoms with Crippen LogP contribution < -0.4 is 14.2 Å². The summed E-state index contributed by atoms with van der Waals surface area (Å²) >= 11 is 0. The van der Waals surface area contributed by atoms with Crippen LogP contribution in [0, 0.1) is 28.7 Å². The van der Waals surface area contributed by atoms with Crippen LogP contribution in [0.5, 0.6) is 23.0 Å². The summed E-state index contributed by atoms with van der Waals surface area (Å²) in [6.07, 6.45) is 1.07. The second-order valence-electron chi connectivity index (χ2n) is 9.52. The number of Topliss-reactive ketones (excluding diaryl/α,β-unsaturated/α-hetero) is 2. The van der Waals surface area contributed by atoms with Gasteiger partial charge < -0.3 is 14.2 Å². The molecule has 0 N–H and O–H groups in total. The summed E-state index contributed by atoms with van der Waals surface area (Å²) in [6, 6.07) is 10.4. The molecular weight excluding hydrogens is 530 g/mol. The number of pyridine rings is 1. The van der Waals surface area contributed by atoms with Crippen molar-refractivity contribution in [2.45, 2.75) is 25.7 Å². The number of carbonyl (C=O) groups excluding carboxylic acids is 2. The Bertz CT molecular complexity index is 1630. The van der Waals surface area contributed by atoms with Crippen molar-refractivity contribution in [2.24, 2.45) is 5.41 Å². The Balaban J connectivity index is 1.39. The Morgan fingerprint density at radius 2 is 1.48 bits per heavy atom. The van der Waals surface area contributed by atoms with Crippen LogP contribution in [0.15, 0.2) is 54.7 Å². The Kier molecular flexibility index (Phi) is 7.18. The molecule has 0 unspecified atom stereocenters. The van der Waals surface area contributed by atoms with Crippen molar-refractivity contribution >= 4 is 22.5 Å². The molecule has 6 nitrogen and oxygen atoms in total. The van der Waals surface area contributed by atoms with E-state index >= 15 is 13.2 Å². The molecule has 1 aromatic heterocycles. The van der Waals surface area contributed by atoms with E-state index in [9.17, 15) is 14.0 Å². The van der Waals surface area contributed by atoms with E-state index in [2.05, 4.69) is 4.98 Å². The third-order valence-electron chi connectivity index (χ3n) is 7.06. The summed E-state index contributed by atoms with van der Waals surface area (Å²) in [7, 11) is 2.85. The fourth-order valence-corrected chi connectivity index (χ4v) is 4.63. The van der Waals surface area contributed by atoms with Gasteiger partial charge >= 0.3 is 0 Å².